The molecule has 0 spiro atoms. The van der Waals surface area contributed by atoms with Gasteiger partial charge in [-0.25, -0.2) is 4.79 Å². The fourth-order valence-corrected chi connectivity index (χ4v) is 2.88. The Kier molecular flexibility index (Phi) is 7.50. The summed E-state index contributed by atoms with van der Waals surface area (Å²) < 4.78 is 5.31. The first kappa shape index (κ1) is 18.3. The van der Waals surface area contributed by atoms with Crippen LogP contribution in [0.3, 0.4) is 0 Å². The van der Waals surface area contributed by atoms with Gasteiger partial charge in [0.2, 0.25) is 0 Å². The molecular formula is C17H34N2O2. The predicted molar refractivity (Wildman–Crippen MR) is 87.5 cm³/mol. The summed E-state index contributed by atoms with van der Waals surface area (Å²) in [6.07, 6.45) is 6.63. The van der Waals surface area contributed by atoms with E-state index in [1.54, 1.807) is 0 Å². The number of carbonyl (C=O) groups excluding carboxylic acids is 1. The minimum atomic E-state index is -0.418. The van der Waals surface area contributed by atoms with Gasteiger partial charge in [-0.1, -0.05) is 20.3 Å². The minimum absolute atomic E-state index is 0.269. The van der Waals surface area contributed by atoms with Gasteiger partial charge in [0.05, 0.1) is 0 Å². The maximum absolute atomic E-state index is 11.7. The third-order valence-corrected chi connectivity index (χ3v) is 3.98. The van der Waals surface area contributed by atoms with Gasteiger partial charge in [0, 0.05) is 12.1 Å². The Balaban J connectivity index is 2.19. The Bertz CT molecular complexity index is 304. The van der Waals surface area contributed by atoms with E-state index in [1.807, 2.05) is 20.8 Å². The van der Waals surface area contributed by atoms with Crippen molar-refractivity contribution >= 4 is 6.09 Å². The molecule has 0 saturated heterocycles. The van der Waals surface area contributed by atoms with Gasteiger partial charge in [-0.2, -0.15) is 0 Å². The highest BCUT2D eigenvalue weighted by atomic mass is 16.6. The van der Waals surface area contributed by atoms with Gasteiger partial charge in [0.25, 0.3) is 0 Å². The first-order valence-electron chi connectivity index (χ1n) is 8.53. The lowest BCUT2D eigenvalue weighted by molar-refractivity contribution is 0.0489. The average Bonchev–Trinajstić information content (AvgIpc) is 2.36. The van der Waals surface area contributed by atoms with Crippen molar-refractivity contribution in [1.82, 2.24) is 10.6 Å². The molecule has 1 amide bonds. The van der Waals surface area contributed by atoms with Gasteiger partial charge >= 0.3 is 6.09 Å². The third-order valence-electron chi connectivity index (χ3n) is 3.98. The van der Waals surface area contributed by atoms with Crippen molar-refractivity contribution in [2.24, 2.45) is 5.92 Å². The van der Waals surface area contributed by atoms with Crippen molar-refractivity contribution in [2.45, 2.75) is 90.8 Å². The van der Waals surface area contributed by atoms with E-state index in [0.717, 1.165) is 38.1 Å². The quantitative estimate of drug-likeness (QED) is 0.783. The Hall–Kier alpha value is -0.770. The van der Waals surface area contributed by atoms with E-state index in [4.69, 9.17) is 4.74 Å². The number of ether oxygens (including phenoxy) is 1. The molecule has 0 aliphatic heterocycles. The largest absolute Gasteiger partial charge is 0.444 e. The lowest BCUT2D eigenvalue weighted by atomic mass is 9.91. The van der Waals surface area contributed by atoms with Crippen LogP contribution in [-0.2, 0) is 4.74 Å². The molecule has 1 aliphatic rings. The monoisotopic (exact) mass is 298 g/mol. The number of alkyl carbamates (subject to hydrolysis) is 1. The number of rotatable bonds is 6. The second-order valence-corrected chi connectivity index (χ2v) is 7.50. The molecule has 0 bridgehead atoms. The zero-order valence-electron chi connectivity index (χ0n) is 14.5. The van der Waals surface area contributed by atoms with Crippen molar-refractivity contribution in [3.05, 3.63) is 0 Å². The summed E-state index contributed by atoms with van der Waals surface area (Å²) in [5.41, 5.74) is -0.418. The zero-order chi connectivity index (χ0) is 15.9. The molecule has 0 radical (unpaired) electrons. The minimum Gasteiger partial charge on any atom is -0.444 e. The van der Waals surface area contributed by atoms with Crippen LogP contribution in [0.15, 0.2) is 0 Å². The zero-order valence-corrected chi connectivity index (χ0v) is 14.5. The average molecular weight is 298 g/mol. The summed E-state index contributed by atoms with van der Waals surface area (Å²) in [6, 6.07) is 0.881. The van der Waals surface area contributed by atoms with E-state index >= 15 is 0 Å². The van der Waals surface area contributed by atoms with Crippen molar-refractivity contribution in [2.75, 3.05) is 6.54 Å². The maximum atomic E-state index is 11.7. The van der Waals surface area contributed by atoms with Crippen LogP contribution in [0.5, 0.6) is 0 Å². The van der Waals surface area contributed by atoms with E-state index in [-0.39, 0.29) is 12.1 Å². The van der Waals surface area contributed by atoms with Gasteiger partial charge in [0.1, 0.15) is 5.60 Å². The smallest absolute Gasteiger partial charge is 0.407 e. The second-order valence-electron chi connectivity index (χ2n) is 7.50. The first-order chi connectivity index (χ1) is 9.80. The summed E-state index contributed by atoms with van der Waals surface area (Å²) in [4.78, 5) is 11.7. The summed E-state index contributed by atoms with van der Waals surface area (Å²) in [6.45, 7) is 11.3. The lowest BCUT2D eigenvalue weighted by Crippen LogP contribution is -2.44. The van der Waals surface area contributed by atoms with Crippen LogP contribution in [0.25, 0.3) is 0 Å². The van der Waals surface area contributed by atoms with E-state index in [0.29, 0.717) is 6.04 Å². The Morgan fingerprint density at radius 1 is 1.19 bits per heavy atom. The normalized spacial score (nSPS) is 24.4. The molecule has 1 saturated carbocycles. The Morgan fingerprint density at radius 2 is 1.76 bits per heavy atom. The Morgan fingerprint density at radius 3 is 2.29 bits per heavy atom. The van der Waals surface area contributed by atoms with Crippen molar-refractivity contribution in [3.63, 3.8) is 0 Å². The molecule has 1 aliphatic carbocycles. The molecule has 0 aromatic rings. The van der Waals surface area contributed by atoms with Crippen molar-refractivity contribution < 1.29 is 9.53 Å². The fraction of sp³-hybridized carbons (Fsp3) is 0.941. The Labute approximate surface area is 130 Å². The molecule has 124 valence electrons. The van der Waals surface area contributed by atoms with E-state index in [1.165, 1.54) is 12.8 Å². The van der Waals surface area contributed by atoms with Crippen LogP contribution in [0.2, 0.25) is 0 Å². The van der Waals surface area contributed by atoms with Gasteiger partial charge in [-0.3, -0.25) is 0 Å². The van der Waals surface area contributed by atoms with E-state index < -0.39 is 5.60 Å². The maximum Gasteiger partial charge on any atom is 0.407 e. The highest BCUT2D eigenvalue weighted by Gasteiger charge is 2.24. The molecule has 1 atom stereocenters. The van der Waals surface area contributed by atoms with E-state index in [9.17, 15) is 4.79 Å². The molecule has 4 nitrogen and oxygen atoms in total. The molecule has 0 aromatic heterocycles. The number of nitrogens with one attached hydrogen (secondary N) is 2. The number of carbonyl (C=O) groups is 1. The summed E-state index contributed by atoms with van der Waals surface area (Å²) >= 11 is 0. The van der Waals surface area contributed by atoms with Gasteiger partial charge in [-0.05, 0) is 65.3 Å². The third kappa shape index (κ3) is 8.30. The van der Waals surface area contributed by atoms with Gasteiger partial charge in [-0.15, -0.1) is 0 Å². The lowest BCUT2D eigenvalue weighted by Gasteiger charge is -2.31. The van der Waals surface area contributed by atoms with Crippen LogP contribution < -0.4 is 10.6 Å². The van der Waals surface area contributed by atoms with Crippen LogP contribution in [-0.4, -0.2) is 30.3 Å². The summed E-state index contributed by atoms with van der Waals surface area (Å²) in [7, 11) is 0. The number of hydrogen-bond acceptors (Lipinski definition) is 3. The fourth-order valence-electron chi connectivity index (χ4n) is 2.88. The highest BCUT2D eigenvalue weighted by Crippen LogP contribution is 2.20. The highest BCUT2D eigenvalue weighted by molar-refractivity contribution is 5.68. The summed E-state index contributed by atoms with van der Waals surface area (Å²) in [5.74, 6) is 0.757. The first-order valence-corrected chi connectivity index (χ1v) is 8.53. The van der Waals surface area contributed by atoms with Crippen LogP contribution in [0, 0.1) is 5.92 Å². The number of hydrogen-bond donors (Lipinski definition) is 2. The molecule has 0 heterocycles. The van der Waals surface area contributed by atoms with Crippen molar-refractivity contribution in [3.8, 4) is 0 Å². The SMILES string of the molecule is CCCC(C)CNC1CCC(NC(=O)OC(C)(C)C)CC1. The molecule has 1 rings (SSSR count). The molecular weight excluding hydrogens is 264 g/mol. The van der Waals surface area contributed by atoms with Gasteiger partial charge < -0.3 is 15.4 Å². The number of amides is 1. The molecule has 21 heavy (non-hydrogen) atoms. The molecule has 4 heteroatoms. The molecule has 0 aromatic carbocycles. The van der Waals surface area contributed by atoms with Crippen LogP contribution in [0.4, 0.5) is 4.79 Å². The van der Waals surface area contributed by atoms with Crippen molar-refractivity contribution in [1.29, 1.82) is 0 Å². The molecule has 2 N–H and O–H groups in total. The standard InChI is InChI=1S/C17H34N2O2/c1-6-7-13(2)12-18-14-8-10-15(11-9-14)19-16(20)21-17(3,4)5/h13-15,18H,6-12H2,1-5H3,(H,19,20). The predicted octanol–water partition coefficient (Wildman–Crippen LogP) is 3.85. The summed E-state index contributed by atoms with van der Waals surface area (Å²) in [5, 5.41) is 6.67. The molecule has 1 unspecified atom stereocenters. The van der Waals surface area contributed by atoms with Crippen LogP contribution in [0.1, 0.15) is 73.1 Å². The van der Waals surface area contributed by atoms with Gasteiger partial charge in [0.15, 0.2) is 0 Å². The molecule has 1 fully saturated rings. The topological polar surface area (TPSA) is 50.4 Å². The van der Waals surface area contributed by atoms with E-state index in [2.05, 4.69) is 24.5 Å². The van der Waals surface area contributed by atoms with Crippen LogP contribution >= 0.6 is 0 Å². The second kappa shape index (κ2) is 8.62.